The van der Waals surface area contributed by atoms with Crippen LogP contribution in [0.25, 0.3) is 10.9 Å². The Balaban J connectivity index is 1.36. The molecule has 4 aliphatic carbocycles. The van der Waals surface area contributed by atoms with E-state index >= 15 is 0 Å². The first kappa shape index (κ1) is 14.5. The Morgan fingerprint density at radius 2 is 1.73 bits per heavy atom. The van der Waals surface area contributed by atoms with Gasteiger partial charge in [-0.25, -0.2) is 0 Å². The molecular formula is C21H19N3O2. The van der Waals surface area contributed by atoms with Crippen LogP contribution >= 0.6 is 0 Å². The summed E-state index contributed by atoms with van der Waals surface area (Å²) in [6, 6.07) is 7.98. The smallest absolute Gasteiger partial charge is 0.254 e. The van der Waals surface area contributed by atoms with Crippen molar-refractivity contribution in [2.24, 2.45) is 40.6 Å². The van der Waals surface area contributed by atoms with E-state index in [2.05, 4.69) is 22.2 Å². The van der Waals surface area contributed by atoms with Gasteiger partial charge in [0.1, 0.15) is 0 Å². The standard InChI is InChI=1S/C21H19N3O2/c1-10-16(11-4-2-3-5-17(11)23-10)9-22-24-20(25)18-12-6-7-13(15-8-14(12)15)19(18)21(24)26/h2-7,9,12-15,18-19,23H,8H2,1H3/b22-9+/t12-,13-,14-,15-,18-,19+/m1/s1. The largest absolute Gasteiger partial charge is 0.358 e. The predicted molar refractivity (Wildman–Crippen MR) is 97.2 cm³/mol. The predicted octanol–water partition coefficient (Wildman–Crippen LogP) is 2.86. The number of H-pyrrole nitrogens is 1. The maximum atomic E-state index is 13.0. The van der Waals surface area contributed by atoms with E-state index in [1.54, 1.807) is 6.21 Å². The molecule has 5 aliphatic rings. The number of carbonyl (C=O) groups excluding carboxylic acids is 2. The van der Waals surface area contributed by atoms with Gasteiger partial charge in [0.15, 0.2) is 0 Å². The zero-order valence-electron chi connectivity index (χ0n) is 14.4. The number of aromatic amines is 1. The number of hydrogen-bond donors (Lipinski definition) is 1. The fourth-order valence-corrected chi connectivity index (χ4v) is 5.64. The number of nitrogens with one attached hydrogen (secondary N) is 1. The summed E-state index contributed by atoms with van der Waals surface area (Å²) in [5.41, 5.74) is 2.94. The molecule has 130 valence electrons. The Morgan fingerprint density at radius 3 is 2.42 bits per heavy atom. The van der Waals surface area contributed by atoms with Gasteiger partial charge >= 0.3 is 0 Å². The highest BCUT2D eigenvalue weighted by Crippen LogP contribution is 2.65. The number of nitrogens with zero attached hydrogens (tertiary/aromatic N) is 2. The second-order valence-electron chi connectivity index (χ2n) is 8.10. The van der Waals surface area contributed by atoms with Crippen molar-refractivity contribution in [3.8, 4) is 0 Å². The van der Waals surface area contributed by atoms with Crippen LogP contribution in [-0.4, -0.2) is 28.0 Å². The molecule has 1 saturated heterocycles. The first-order valence-corrected chi connectivity index (χ1v) is 9.32. The highest BCUT2D eigenvalue weighted by molar-refractivity contribution is 6.07. The Hall–Kier alpha value is -2.69. The van der Waals surface area contributed by atoms with Crippen molar-refractivity contribution in [1.82, 2.24) is 9.99 Å². The number of hydrazone groups is 1. The van der Waals surface area contributed by atoms with Crippen molar-refractivity contribution in [1.29, 1.82) is 0 Å². The van der Waals surface area contributed by atoms with Crippen LogP contribution in [0.5, 0.6) is 0 Å². The van der Waals surface area contributed by atoms with E-state index in [0.717, 1.165) is 27.2 Å². The average Bonchev–Trinajstić information content (AvgIpc) is 3.36. The van der Waals surface area contributed by atoms with Gasteiger partial charge in [-0.1, -0.05) is 30.4 Å². The second kappa shape index (κ2) is 4.72. The Morgan fingerprint density at radius 1 is 1.08 bits per heavy atom. The van der Waals surface area contributed by atoms with Crippen LogP contribution in [-0.2, 0) is 9.59 Å². The van der Waals surface area contributed by atoms with Crippen LogP contribution in [0, 0.1) is 42.4 Å². The van der Waals surface area contributed by atoms with E-state index < -0.39 is 0 Å². The molecule has 1 aliphatic heterocycles. The first-order chi connectivity index (χ1) is 12.6. The highest BCUT2D eigenvalue weighted by Gasteiger charge is 2.67. The lowest BCUT2D eigenvalue weighted by molar-refractivity contribution is -0.140. The molecule has 0 spiro atoms. The first-order valence-electron chi connectivity index (χ1n) is 9.32. The van der Waals surface area contributed by atoms with Crippen molar-refractivity contribution in [2.75, 3.05) is 0 Å². The van der Waals surface area contributed by atoms with Gasteiger partial charge < -0.3 is 4.98 Å². The van der Waals surface area contributed by atoms with Crippen molar-refractivity contribution < 1.29 is 9.59 Å². The second-order valence-corrected chi connectivity index (χ2v) is 8.10. The zero-order valence-corrected chi connectivity index (χ0v) is 14.4. The molecule has 1 N–H and O–H groups in total. The molecule has 0 unspecified atom stereocenters. The molecular weight excluding hydrogens is 326 g/mol. The van der Waals surface area contributed by atoms with Crippen molar-refractivity contribution >= 4 is 28.9 Å². The van der Waals surface area contributed by atoms with E-state index in [9.17, 15) is 9.59 Å². The van der Waals surface area contributed by atoms with Crippen LogP contribution in [0.15, 0.2) is 41.5 Å². The van der Waals surface area contributed by atoms with E-state index in [-0.39, 0.29) is 35.5 Å². The molecule has 7 rings (SSSR count). The minimum atomic E-state index is -0.192. The van der Waals surface area contributed by atoms with Crippen LogP contribution in [0.4, 0.5) is 0 Å². The number of carbonyl (C=O) groups is 2. The number of aryl methyl sites for hydroxylation is 1. The number of hydrogen-bond acceptors (Lipinski definition) is 3. The minimum absolute atomic E-state index is 0.113. The number of aromatic nitrogens is 1. The maximum absolute atomic E-state index is 13.0. The summed E-state index contributed by atoms with van der Waals surface area (Å²) < 4.78 is 0. The molecule has 26 heavy (non-hydrogen) atoms. The SMILES string of the molecule is Cc1[nH]c2ccccc2c1/C=N/N1C(=O)[C@@H]2[C@@H]3C=C[C@H]([C@H]4C[C@H]34)[C@@H]2C1=O. The number of benzene rings is 1. The molecule has 2 amide bonds. The third-order valence-electron chi connectivity index (χ3n) is 6.89. The third kappa shape index (κ3) is 1.68. The maximum Gasteiger partial charge on any atom is 0.254 e. The van der Waals surface area contributed by atoms with E-state index in [0.29, 0.717) is 11.8 Å². The fraction of sp³-hybridized carbons (Fsp3) is 0.381. The Labute approximate surface area is 150 Å². The fourth-order valence-electron chi connectivity index (χ4n) is 5.64. The topological polar surface area (TPSA) is 65.5 Å². The van der Waals surface area contributed by atoms with Crippen LogP contribution in [0.1, 0.15) is 17.7 Å². The third-order valence-corrected chi connectivity index (χ3v) is 6.89. The van der Waals surface area contributed by atoms with Crippen LogP contribution in [0.2, 0.25) is 0 Å². The number of imide groups is 1. The molecule has 2 bridgehead atoms. The van der Waals surface area contributed by atoms with Gasteiger partial charge in [-0.05, 0) is 43.1 Å². The number of fused-ring (bicyclic) bond motifs is 1. The molecule has 1 aromatic heterocycles. The zero-order chi connectivity index (χ0) is 17.6. The summed E-state index contributed by atoms with van der Waals surface area (Å²) in [5, 5.41) is 6.56. The molecule has 3 fully saturated rings. The molecule has 6 atom stereocenters. The van der Waals surface area contributed by atoms with Gasteiger partial charge in [0, 0.05) is 22.2 Å². The molecule has 5 heteroatoms. The molecule has 2 aromatic rings. The van der Waals surface area contributed by atoms with Gasteiger partial charge in [-0.2, -0.15) is 10.1 Å². The number of allylic oxidation sites excluding steroid dienone is 2. The lowest BCUT2D eigenvalue weighted by Gasteiger charge is -2.37. The lowest BCUT2D eigenvalue weighted by Crippen LogP contribution is -2.40. The number of para-hydroxylation sites is 1. The van der Waals surface area contributed by atoms with E-state index in [1.165, 1.54) is 6.42 Å². The van der Waals surface area contributed by atoms with Crippen molar-refractivity contribution in [2.45, 2.75) is 13.3 Å². The van der Waals surface area contributed by atoms with Crippen molar-refractivity contribution in [3.05, 3.63) is 47.7 Å². The minimum Gasteiger partial charge on any atom is -0.358 e. The van der Waals surface area contributed by atoms with Gasteiger partial charge in [-0.15, -0.1) is 0 Å². The van der Waals surface area contributed by atoms with E-state index in [1.807, 2.05) is 31.2 Å². The Kier molecular flexibility index (Phi) is 2.63. The number of amides is 2. The van der Waals surface area contributed by atoms with Gasteiger partial charge in [0.05, 0.1) is 18.1 Å². The summed E-state index contributed by atoms with van der Waals surface area (Å²) in [6.07, 6.45) is 7.20. The van der Waals surface area contributed by atoms with Gasteiger partial charge in [0.25, 0.3) is 11.8 Å². The monoisotopic (exact) mass is 345 g/mol. The molecule has 2 saturated carbocycles. The van der Waals surface area contributed by atoms with Gasteiger partial charge in [0.2, 0.25) is 0 Å². The summed E-state index contributed by atoms with van der Waals surface area (Å²) in [4.78, 5) is 29.2. The summed E-state index contributed by atoms with van der Waals surface area (Å²) >= 11 is 0. The highest BCUT2D eigenvalue weighted by atomic mass is 16.2. The van der Waals surface area contributed by atoms with Gasteiger partial charge in [-0.3, -0.25) is 9.59 Å². The average molecular weight is 345 g/mol. The van der Waals surface area contributed by atoms with Crippen molar-refractivity contribution in [3.63, 3.8) is 0 Å². The molecule has 2 heterocycles. The lowest BCUT2D eigenvalue weighted by atomic mass is 9.63. The van der Waals surface area contributed by atoms with E-state index in [4.69, 9.17) is 0 Å². The summed E-state index contributed by atoms with van der Waals surface area (Å²) in [5.74, 6) is 1.09. The molecule has 0 radical (unpaired) electrons. The van der Waals surface area contributed by atoms with Crippen LogP contribution in [0.3, 0.4) is 0 Å². The quantitative estimate of drug-likeness (QED) is 0.517. The normalized spacial score (nSPS) is 37.0. The molecule has 5 nitrogen and oxygen atoms in total. The van der Waals surface area contributed by atoms with Crippen LogP contribution < -0.4 is 0 Å². The Bertz CT molecular complexity index is 997. The molecule has 1 aromatic carbocycles. The summed E-state index contributed by atoms with van der Waals surface area (Å²) in [7, 11) is 0. The summed E-state index contributed by atoms with van der Waals surface area (Å²) in [6.45, 7) is 1.98. The number of rotatable bonds is 2.